The second-order valence-electron chi connectivity index (χ2n) is 2.57. The molecule has 3 nitrogen and oxygen atoms in total. The first-order chi connectivity index (χ1) is 5.29. The van der Waals surface area contributed by atoms with E-state index < -0.39 is 0 Å². The molecule has 2 aromatic rings. The molecule has 2 rings (SSSR count). The van der Waals surface area contributed by atoms with Gasteiger partial charge in [0.2, 0.25) is 0 Å². The van der Waals surface area contributed by atoms with Gasteiger partial charge in [-0.3, -0.25) is 4.68 Å². The van der Waals surface area contributed by atoms with E-state index in [4.69, 9.17) is 0 Å². The molecule has 2 heterocycles. The Bertz CT molecular complexity index is 389. The molecule has 0 aromatic carbocycles. The molecule has 55 valence electrons. The van der Waals surface area contributed by atoms with Gasteiger partial charge in [0, 0.05) is 7.05 Å². The number of rotatable bonds is 0. The van der Waals surface area contributed by atoms with Crippen LogP contribution in [0.1, 0.15) is 5.56 Å². The summed E-state index contributed by atoms with van der Waals surface area (Å²) >= 11 is 0. The monoisotopic (exact) mass is 146 g/mol. The summed E-state index contributed by atoms with van der Waals surface area (Å²) in [5.41, 5.74) is 3.16. The lowest BCUT2D eigenvalue weighted by molar-refractivity contribution is 0.794. The van der Waals surface area contributed by atoms with E-state index in [1.165, 1.54) is 0 Å². The van der Waals surface area contributed by atoms with Gasteiger partial charge in [-0.05, 0) is 18.6 Å². The normalized spacial score (nSPS) is 10.7. The molecule has 0 spiro atoms. The molecule has 0 N–H and O–H groups in total. The summed E-state index contributed by atoms with van der Waals surface area (Å²) in [6.45, 7) is 2.03. The highest BCUT2D eigenvalue weighted by Gasteiger charge is 2.01. The minimum absolute atomic E-state index is 0.910. The number of fused-ring (bicyclic) bond motifs is 1. The predicted octanol–water partition coefficient (Wildman–Crippen LogP) is 1.08. The summed E-state index contributed by atoms with van der Waals surface area (Å²) in [7, 11) is 1.91. The second-order valence-corrected chi connectivity index (χ2v) is 2.57. The SMILES string of the molecule is Cc1c[c]nc2cnn(C)c12. The van der Waals surface area contributed by atoms with E-state index >= 15 is 0 Å². The molecule has 0 amide bonds. The highest BCUT2D eigenvalue weighted by molar-refractivity contribution is 5.76. The molecule has 0 saturated carbocycles. The molecule has 0 aliphatic rings. The van der Waals surface area contributed by atoms with Crippen LogP contribution >= 0.6 is 0 Å². The minimum atomic E-state index is 0.910. The van der Waals surface area contributed by atoms with Gasteiger partial charge in [0.1, 0.15) is 5.52 Å². The van der Waals surface area contributed by atoms with Crippen molar-refractivity contribution in [3.8, 4) is 0 Å². The van der Waals surface area contributed by atoms with Crippen LogP contribution in [0.2, 0.25) is 0 Å². The predicted molar refractivity (Wildman–Crippen MR) is 42.1 cm³/mol. The van der Waals surface area contributed by atoms with E-state index in [9.17, 15) is 0 Å². The number of hydrogen-bond acceptors (Lipinski definition) is 2. The van der Waals surface area contributed by atoms with Crippen molar-refractivity contribution in [2.45, 2.75) is 6.92 Å². The lowest BCUT2D eigenvalue weighted by Crippen LogP contribution is -1.91. The van der Waals surface area contributed by atoms with Crippen LogP contribution in [0.4, 0.5) is 0 Å². The Hall–Kier alpha value is -1.38. The third-order valence-electron chi connectivity index (χ3n) is 1.76. The van der Waals surface area contributed by atoms with Crippen molar-refractivity contribution in [2.75, 3.05) is 0 Å². The van der Waals surface area contributed by atoms with E-state index in [1.54, 1.807) is 6.20 Å². The molecule has 11 heavy (non-hydrogen) atoms. The number of aryl methyl sites for hydroxylation is 2. The summed E-state index contributed by atoms with van der Waals surface area (Å²) in [5.74, 6) is 0. The van der Waals surface area contributed by atoms with E-state index in [2.05, 4.69) is 16.3 Å². The third kappa shape index (κ3) is 0.808. The zero-order valence-corrected chi connectivity index (χ0v) is 6.50. The molecular weight excluding hydrogens is 138 g/mol. The number of pyridine rings is 1. The van der Waals surface area contributed by atoms with Gasteiger partial charge < -0.3 is 0 Å². The number of hydrogen-bond donors (Lipinski definition) is 0. The average molecular weight is 146 g/mol. The van der Waals surface area contributed by atoms with Gasteiger partial charge in [-0.15, -0.1) is 0 Å². The highest BCUT2D eigenvalue weighted by atomic mass is 15.3. The molecule has 0 aliphatic carbocycles. The molecule has 3 heteroatoms. The molecule has 0 fully saturated rings. The third-order valence-corrected chi connectivity index (χ3v) is 1.76. The first-order valence-corrected chi connectivity index (χ1v) is 3.44. The Labute approximate surface area is 64.7 Å². The first kappa shape index (κ1) is 6.34. The van der Waals surface area contributed by atoms with Crippen LogP contribution in [0.15, 0.2) is 12.3 Å². The first-order valence-electron chi connectivity index (χ1n) is 3.44. The van der Waals surface area contributed by atoms with Crippen LogP contribution in [-0.2, 0) is 7.05 Å². The van der Waals surface area contributed by atoms with E-state index in [0.717, 1.165) is 16.6 Å². The topological polar surface area (TPSA) is 30.7 Å². The summed E-state index contributed by atoms with van der Waals surface area (Å²) in [6.07, 6.45) is 4.56. The summed E-state index contributed by atoms with van der Waals surface area (Å²) < 4.78 is 1.82. The summed E-state index contributed by atoms with van der Waals surface area (Å²) in [5, 5.41) is 4.09. The van der Waals surface area contributed by atoms with Crippen molar-refractivity contribution < 1.29 is 0 Å². The Morgan fingerprint density at radius 1 is 1.55 bits per heavy atom. The second kappa shape index (κ2) is 2.05. The van der Waals surface area contributed by atoms with Crippen LogP contribution in [0.3, 0.4) is 0 Å². The van der Waals surface area contributed by atoms with Gasteiger partial charge in [-0.1, -0.05) is 0 Å². The number of nitrogens with zero attached hydrogens (tertiary/aromatic N) is 3. The molecular formula is C8H8N3. The minimum Gasteiger partial charge on any atom is -0.266 e. The lowest BCUT2D eigenvalue weighted by atomic mass is 10.2. The zero-order chi connectivity index (χ0) is 7.84. The standard InChI is InChI=1S/C8H8N3/c1-6-3-4-9-7-5-10-11(2)8(6)7/h3,5H,1-2H3. The Morgan fingerprint density at radius 3 is 3.09 bits per heavy atom. The van der Waals surface area contributed by atoms with Crippen molar-refractivity contribution in [2.24, 2.45) is 7.05 Å². The van der Waals surface area contributed by atoms with E-state index in [1.807, 2.05) is 24.7 Å². The van der Waals surface area contributed by atoms with Crippen LogP contribution in [0, 0.1) is 13.1 Å². The fourth-order valence-corrected chi connectivity index (χ4v) is 1.23. The summed E-state index contributed by atoms with van der Waals surface area (Å²) in [4.78, 5) is 4.05. The molecule has 0 aliphatic heterocycles. The molecule has 2 aromatic heterocycles. The Kier molecular flexibility index (Phi) is 1.18. The Balaban J connectivity index is 2.96. The zero-order valence-electron chi connectivity index (χ0n) is 6.50. The maximum Gasteiger partial charge on any atom is 0.109 e. The maximum atomic E-state index is 4.09. The van der Waals surface area contributed by atoms with Gasteiger partial charge in [0.25, 0.3) is 0 Å². The highest BCUT2D eigenvalue weighted by Crippen LogP contribution is 2.12. The maximum absolute atomic E-state index is 4.09. The molecule has 0 saturated heterocycles. The van der Waals surface area contributed by atoms with Crippen LogP contribution in [-0.4, -0.2) is 14.8 Å². The van der Waals surface area contributed by atoms with Crippen LogP contribution in [0.5, 0.6) is 0 Å². The smallest absolute Gasteiger partial charge is 0.109 e. The largest absolute Gasteiger partial charge is 0.266 e. The quantitative estimate of drug-likeness (QED) is 0.556. The van der Waals surface area contributed by atoms with Crippen molar-refractivity contribution in [3.63, 3.8) is 0 Å². The van der Waals surface area contributed by atoms with E-state index in [-0.39, 0.29) is 0 Å². The fourth-order valence-electron chi connectivity index (χ4n) is 1.23. The van der Waals surface area contributed by atoms with Gasteiger partial charge >= 0.3 is 0 Å². The molecule has 0 bridgehead atoms. The lowest BCUT2D eigenvalue weighted by Gasteiger charge is -1.95. The van der Waals surface area contributed by atoms with Gasteiger partial charge in [-0.2, -0.15) is 5.10 Å². The van der Waals surface area contributed by atoms with Gasteiger partial charge in [0.15, 0.2) is 0 Å². The average Bonchev–Trinajstić information content (AvgIpc) is 2.34. The van der Waals surface area contributed by atoms with E-state index in [0.29, 0.717) is 0 Å². The molecule has 1 radical (unpaired) electrons. The van der Waals surface area contributed by atoms with Crippen LogP contribution < -0.4 is 0 Å². The van der Waals surface area contributed by atoms with Crippen molar-refractivity contribution in [3.05, 3.63) is 24.0 Å². The molecule has 0 unspecified atom stereocenters. The van der Waals surface area contributed by atoms with Gasteiger partial charge in [-0.25, -0.2) is 4.98 Å². The van der Waals surface area contributed by atoms with Crippen LogP contribution in [0.25, 0.3) is 11.0 Å². The van der Waals surface area contributed by atoms with Gasteiger partial charge in [0.05, 0.1) is 17.9 Å². The fraction of sp³-hybridized carbons (Fsp3) is 0.250. The Morgan fingerprint density at radius 2 is 2.36 bits per heavy atom. The summed E-state index contributed by atoms with van der Waals surface area (Å²) in [6, 6.07) is 1.87. The van der Waals surface area contributed by atoms with Crippen molar-refractivity contribution >= 4 is 11.0 Å². The number of aromatic nitrogens is 3. The van der Waals surface area contributed by atoms with Crippen molar-refractivity contribution in [1.82, 2.24) is 14.8 Å². The van der Waals surface area contributed by atoms with Crippen molar-refractivity contribution in [1.29, 1.82) is 0 Å². The molecule has 0 atom stereocenters.